The van der Waals surface area contributed by atoms with E-state index in [-0.39, 0.29) is 23.8 Å². The topological polar surface area (TPSA) is 56.2 Å². The fourth-order valence-corrected chi connectivity index (χ4v) is 5.34. The number of halogens is 3. The van der Waals surface area contributed by atoms with Crippen molar-refractivity contribution >= 4 is 0 Å². The number of hydrogen-bond acceptors (Lipinski definition) is 5. The molecule has 0 aliphatic carbocycles. The van der Waals surface area contributed by atoms with Gasteiger partial charge in [0.25, 0.3) is 0 Å². The third kappa shape index (κ3) is 6.59. The molecule has 2 atom stereocenters. The summed E-state index contributed by atoms with van der Waals surface area (Å²) in [7, 11) is 0. The van der Waals surface area contributed by atoms with Crippen molar-refractivity contribution in [2.45, 2.75) is 57.5 Å². The van der Waals surface area contributed by atoms with Gasteiger partial charge in [-0.05, 0) is 82.3 Å². The SMILES string of the molecule is CC(C)(F)CN1CCC(COc2ccc(-c3ccc(C(O)N4CCC[C@H]4CO)cc3F)c(F)c2)CC1. The number of aliphatic hydroxyl groups is 2. The summed E-state index contributed by atoms with van der Waals surface area (Å²) in [4.78, 5) is 3.88. The van der Waals surface area contributed by atoms with Crippen LogP contribution in [-0.2, 0) is 0 Å². The van der Waals surface area contributed by atoms with Crippen molar-refractivity contribution in [1.29, 1.82) is 0 Å². The summed E-state index contributed by atoms with van der Waals surface area (Å²) in [6, 6.07) is 8.56. The fourth-order valence-electron chi connectivity index (χ4n) is 5.34. The molecule has 36 heavy (non-hydrogen) atoms. The Bertz CT molecular complexity index is 1020. The molecule has 0 aromatic heterocycles. The zero-order valence-electron chi connectivity index (χ0n) is 21.1. The molecule has 5 nitrogen and oxygen atoms in total. The third-order valence-electron chi connectivity index (χ3n) is 7.26. The molecule has 4 rings (SSSR count). The number of rotatable bonds is 9. The molecule has 198 valence electrons. The predicted molar refractivity (Wildman–Crippen MR) is 133 cm³/mol. The number of ether oxygens (including phenoxy) is 1. The lowest BCUT2D eigenvalue weighted by atomic mass is 9.96. The summed E-state index contributed by atoms with van der Waals surface area (Å²) in [5.41, 5.74) is -0.604. The van der Waals surface area contributed by atoms with Crippen LogP contribution in [0.25, 0.3) is 11.1 Å². The van der Waals surface area contributed by atoms with Crippen LogP contribution in [0.2, 0.25) is 0 Å². The minimum absolute atomic E-state index is 0.0616. The molecule has 2 aliphatic heterocycles. The molecule has 2 saturated heterocycles. The van der Waals surface area contributed by atoms with Gasteiger partial charge in [-0.15, -0.1) is 0 Å². The van der Waals surface area contributed by atoms with Crippen molar-refractivity contribution in [3.63, 3.8) is 0 Å². The first-order chi connectivity index (χ1) is 17.1. The van der Waals surface area contributed by atoms with Crippen LogP contribution in [0.5, 0.6) is 5.75 Å². The lowest BCUT2D eigenvalue weighted by Crippen LogP contribution is -2.41. The highest BCUT2D eigenvalue weighted by Crippen LogP contribution is 2.33. The summed E-state index contributed by atoms with van der Waals surface area (Å²) in [5, 5.41) is 20.2. The summed E-state index contributed by atoms with van der Waals surface area (Å²) in [6.07, 6.45) is 2.42. The van der Waals surface area contributed by atoms with Crippen LogP contribution >= 0.6 is 0 Å². The monoisotopic (exact) mass is 506 g/mol. The van der Waals surface area contributed by atoms with Crippen molar-refractivity contribution in [3.8, 4) is 16.9 Å². The summed E-state index contributed by atoms with van der Waals surface area (Å²) >= 11 is 0. The Morgan fingerprint density at radius 1 is 1.00 bits per heavy atom. The van der Waals surface area contributed by atoms with Crippen molar-refractivity contribution in [2.24, 2.45) is 5.92 Å². The number of nitrogens with zero attached hydrogens (tertiary/aromatic N) is 2. The number of hydrogen-bond donors (Lipinski definition) is 2. The highest BCUT2D eigenvalue weighted by Gasteiger charge is 2.30. The fraction of sp³-hybridized carbons (Fsp3) is 0.571. The third-order valence-corrected chi connectivity index (χ3v) is 7.26. The van der Waals surface area contributed by atoms with E-state index >= 15 is 0 Å². The first-order valence-electron chi connectivity index (χ1n) is 12.8. The Labute approximate surface area is 211 Å². The smallest absolute Gasteiger partial charge is 0.134 e. The first-order valence-corrected chi connectivity index (χ1v) is 12.8. The lowest BCUT2D eigenvalue weighted by molar-refractivity contribution is -0.0205. The molecule has 2 N–H and O–H groups in total. The largest absolute Gasteiger partial charge is 0.493 e. The molecule has 8 heteroatoms. The minimum Gasteiger partial charge on any atom is -0.493 e. The van der Waals surface area contributed by atoms with Crippen LogP contribution < -0.4 is 4.74 Å². The lowest BCUT2D eigenvalue weighted by Gasteiger charge is -2.34. The molecule has 2 aliphatic rings. The number of likely N-dealkylation sites (tertiary alicyclic amines) is 2. The molecular weight excluding hydrogens is 469 g/mol. The molecule has 0 bridgehead atoms. The van der Waals surface area contributed by atoms with Gasteiger partial charge in [0.1, 0.15) is 29.3 Å². The van der Waals surface area contributed by atoms with E-state index in [1.54, 1.807) is 30.9 Å². The van der Waals surface area contributed by atoms with Gasteiger partial charge >= 0.3 is 0 Å². The van der Waals surface area contributed by atoms with Gasteiger partial charge in [-0.25, -0.2) is 13.2 Å². The Kier molecular flexibility index (Phi) is 8.60. The van der Waals surface area contributed by atoms with Crippen molar-refractivity contribution < 1.29 is 28.1 Å². The van der Waals surface area contributed by atoms with E-state index in [9.17, 15) is 23.4 Å². The summed E-state index contributed by atoms with van der Waals surface area (Å²) < 4.78 is 49.6. The van der Waals surface area contributed by atoms with Gasteiger partial charge in [0.05, 0.1) is 13.2 Å². The molecule has 1 unspecified atom stereocenters. The zero-order chi connectivity index (χ0) is 25.9. The Morgan fingerprint density at radius 2 is 1.67 bits per heavy atom. The second-order valence-electron chi connectivity index (χ2n) is 10.7. The van der Waals surface area contributed by atoms with E-state index in [4.69, 9.17) is 4.74 Å². The van der Waals surface area contributed by atoms with Crippen molar-refractivity contribution in [2.75, 3.05) is 39.4 Å². The zero-order valence-corrected chi connectivity index (χ0v) is 21.1. The van der Waals surface area contributed by atoms with Crippen LogP contribution in [0.15, 0.2) is 36.4 Å². The number of piperidine rings is 1. The highest BCUT2D eigenvalue weighted by molar-refractivity contribution is 5.66. The van der Waals surface area contributed by atoms with Gasteiger partial charge < -0.3 is 19.8 Å². The van der Waals surface area contributed by atoms with E-state index in [1.165, 1.54) is 24.3 Å². The van der Waals surface area contributed by atoms with Crippen LogP contribution in [0.4, 0.5) is 13.2 Å². The average molecular weight is 507 g/mol. The van der Waals surface area contributed by atoms with E-state index < -0.39 is 23.5 Å². The minimum atomic E-state index is -1.21. The van der Waals surface area contributed by atoms with Crippen LogP contribution in [0, 0.1) is 17.6 Å². The number of aliphatic hydroxyl groups excluding tert-OH is 2. The standard InChI is InChI=1S/C28H37F3N2O3/c1-28(2,31)18-32-12-9-19(10-13-32)17-36-22-6-8-24(26(30)15-22)23-7-5-20(14-25(23)29)27(35)33-11-3-4-21(33)16-34/h5-8,14-15,19,21,27,34-35H,3-4,9-13,16-18H2,1-2H3/t21-,27?/m0/s1. The van der Waals surface area contributed by atoms with Crippen LogP contribution in [0.3, 0.4) is 0 Å². The molecule has 2 fully saturated rings. The number of benzene rings is 2. The Balaban J connectivity index is 1.35. The molecular formula is C28H37F3N2O3. The maximum Gasteiger partial charge on any atom is 0.134 e. The highest BCUT2D eigenvalue weighted by atomic mass is 19.1. The average Bonchev–Trinajstić information content (AvgIpc) is 3.31. The summed E-state index contributed by atoms with van der Waals surface area (Å²) in [6.45, 7) is 6.25. The van der Waals surface area contributed by atoms with Crippen LogP contribution in [-0.4, -0.2) is 71.1 Å². The van der Waals surface area contributed by atoms with E-state index in [0.29, 0.717) is 36.9 Å². The van der Waals surface area contributed by atoms with Gasteiger partial charge in [0.2, 0.25) is 0 Å². The van der Waals surface area contributed by atoms with E-state index in [1.807, 2.05) is 0 Å². The van der Waals surface area contributed by atoms with E-state index in [2.05, 4.69) is 4.90 Å². The summed E-state index contributed by atoms with van der Waals surface area (Å²) in [5.74, 6) is -0.495. The maximum atomic E-state index is 15.0. The van der Waals surface area contributed by atoms with Gasteiger partial charge in [0.15, 0.2) is 0 Å². The second kappa shape index (κ2) is 11.5. The molecule has 0 spiro atoms. The molecule has 0 radical (unpaired) electrons. The molecule has 2 aromatic carbocycles. The van der Waals surface area contributed by atoms with Crippen LogP contribution in [0.1, 0.15) is 51.3 Å². The molecule has 2 heterocycles. The maximum absolute atomic E-state index is 15.0. The Morgan fingerprint density at radius 3 is 2.28 bits per heavy atom. The second-order valence-corrected chi connectivity index (χ2v) is 10.7. The van der Waals surface area contributed by atoms with Gasteiger partial charge in [-0.1, -0.05) is 12.1 Å². The van der Waals surface area contributed by atoms with E-state index in [0.717, 1.165) is 38.8 Å². The van der Waals surface area contributed by atoms with Crippen molar-refractivity contribution in [1.82, 2.24) is 9.80 Å². The van der Waals surface area contributed by atoms with Gasteiger partial charge in [-0.3, -0.25) is 4.90 Å². The molecule has 0 saturated carbocycles. The normalized spacial score (nSPS) is 21.1. The van der Waals surface area contributed by atoms with Gasteiger partial charge in [0, 0.05) is 36.3 Å². The first kappa shape index (κ1) is 26.9. The van der Waals surface area contributed by atoms with Crippen molar-refractivity contribution in [3.05, 3.63) is 53.6 Å². The number of alkyl halides is 1. The quantitative estimate of drug-likeness (QED) is 0.506. The molecule has 0 amide bonds. The predicted octanol–water partition coefficient (Wildman–Crippen LogP) is 4.92. The Hall–Kier alpha value is -2.13. The van der Waals surface area contributed by atoms with Gasteiger partial charge in [-0.2, -0.15) is 0 Å². The molecule has 2 aromatic rings.